The number of aromatic nitrogens is 2. The van der Waals surface area contributed by atoms with Crippen LogP contribution in [0.4, 0.5) is 23.2 Å². The number of nitrogens with two attached hydrogens (primary N) is 1. The van der Waals surface area contributed by atoms with E-state index in [4.69, 9.17) is 10.2 Å². The predicted octanol–water partition coefficient (Wildman–Crippen LogP) is 4.40. The molecule has 3 aromatic rings. The predicted molar refractivity (Wildman–Crippen MR) is 130 cm³/mol. The molecule has 0 radical (unpaired) electrons. The van der Waals surface area contributed by atoms with Crippen molar-refractivity contribution in [3.8, 4) is 17.2 Å². The minimum atomic E-state index is -4.86. The van der Waals surface area contributed by atoms with Crippen LogP contribution in [0.5, 0.6) is 5.75 Å². The fourth-order valence-electron chi connectivity index (χ4n) is 3.85. The summed E-state index contributed by atoms with van der Waals surface area (Å²) in [5.74, 6) is -2.13. The first-order chi connectivity index (χ1) is 17.6. The summed E-state index contributed by atoms with van der Waals surface area (Å²) in [5.41, 5.74) is 5.89. The molecule has 2 aromatic carbocycles. The molecular weight excluding hydrogens is 530 g/mol. The van der Waals surface area contributed by atoms with Gasteiger partial charge in [-0.1, -0.05) is 32.9 Å². The Morgan fingerprint density at radius 2 is 1.84 bits per heavy atom. The van der Waals surface area contributed by atoms with Crippen LogP contribution in [0.3, 0.4) is 0 Å². The van der Waals surface area contributed by atoms with Crippen LogP contribution in [0, 0.1) is 5.82 Å². The highest BCUT2D eigenvalue weighted by Crippen LogP contribution is 2.38. The Morgan fingerprint density at radius 3 is 2.39 bits per heavy atom. The van der Waals surface area contributed by atoms with Crippen molar-refractivity contribution in [3.05, 3.63) is 53.7 Å². The van der Waals surface area contributed by atoms with Gasteiger partial charge in [0.15, 0.2) is 0 Å². The zero-order valence-electron chi connectivity index (χ0n) is 20.9. The Labute approximate surface area is 216 Å². The van der Waals surface area contributed by atoms with Crippen molar-refractivity contribution >= 4 is 21.3 Å². The number of halogens is 4. The topological polar surface area (TPSA) is 124 Å². The number of amides is 1. The molecule has 0 fully saturated rings. The number of fused-ring (bicyclic) bond motifs is 1. The molecule has 0 saturated heterocycles. The zero-order valence-corrected chi connectivity index (χ0v) is 21.7. The molecule has 14 heteroatoms. The lowest BCUT2D eigenvalue weighted by atomic mass is 9.97. The average Bonchev–Trinajstić information content (AvgIpc) is 3.30. The number of hydrogen-bond donors (Lipinski definition) is 1. The fourth-order valence-corrected chi connectivity index (χ4v) is 5.79. The molecule has 1 aliphatic heterocycles. The summed E-state index contributed by atoms with van der Waals surface area (Å²) >= 11 is 0. The first-order valence-corrected chi connectivity index (χ1v) is 13.0. The first-order valence-electron chi connectivity index (χ1n) is 11.3. The molecule has 1 aliphatic rings. The van der Waals surface area contributed by atoms with E-state index in [-0.39, 0.29) is 40.2 Å². The highest BCUT2D eigenvalue weighted by molar-refractivity contribution is 7.93. The highest BCUT2D eigenvalue weighted by atomic mass is 32.2. The first kappa shape index (κ1) is 27.5. The lowest BCUT2D eigenvalue weighted by Crippen LogP contribution is -2.45. The van der Waals surface area contributed by atoms with Gasteiger partial charge in [0.25, 0.3) is 5.89 Å². The summed E-state index contributed by atoms with van der Waals surface area (Å²) in [6.07, 6.45) is -4.86. The second-order valence-electron chi connectivity index (χ2n) is 9.67. The third-order valence-electron chi connectivity index (χ3n) is 5.76. The third-order valence-corrected chi connectivity index (χ3v) is 8.18. The number of ether oxygens (including phenoxy) is 1. The van der Waals surface area contributed by atoms with Crippen molar-refractivity contribution in [2.75, 3.05) is 17.7 Å². The minimum Gasteiger partial charge on any atom is -0.420 e. The number of carbonyl (C=O) groups is 1. The van der Waals surface area contributed by atoms with Gasteiger partial charge in [0.05, 0.1) is 44.2 Å². The number of anilines is 1. The molecular formula is C24H25F4N5O4S. The van der Waals surface area contributed by atoms with Crippen molar-refractivity contribution in [3.63, 3.8) is 0 Å². The van der Waals surface area contributed by atoms with E-state index in [2.05, 4.69) is 19.3 Å². The van der Waals surface area contributed by atoms with E-state index in [1.54, 1.807) is 0 Å². The van der Waals surface area contributed by atoms with E-state index in [0.29, 0.717) is 5.56 Å². The van der Waals surface area contributed by atoms with Gasteiger partial charge in [0, 0.05) is 12.5 Å². The maximum Gasteiger partial charge on any atom is 0.573 e. The summed E-state index contributed by atoms with van der Waals surface area (Å²) in [4.78, 5) is 14.5. The smallest absolute Gasteiger partial charge is 0.420 e. The van der Waals surface area contributed by atoms with Crippen LogP contribution in [0.1, 0.15) is 32.2 Å². The van der Waals surface area contributed by atoms with E-state index in [1.165, 1.54) is 30.1 Å². The van der Waals surface area contributed by atoms with Crippen LogP contribution in [-0.4, -0.2) is 45.5 Å². The Kier molecular flexibility index (Phi) is 6.99. The van der Waals surface area contributed by atoms with Crippen molar-refractivity contribution in [2.45, 2.75) is 50.0 Å². The molecule has 9 nitrogen and oxygen atoms in total. The van der Waals surface area contributed by atoms with Gasteiger partial charge in [0.2, 0.25) is 11.8 Å². The lowest BCUT2D eigenvalue weighted by Gasteiger charge is -2.25. The number of nitrogens with zero attached hydrogens (tertiary/aromatic N) is 4. The number of rotatable bonds is 4. The Morgan fingerprint density at radius 1 is 1.18 bits per heavy atom. The quantitative estimate of drug-likeness (QED) is 0.473. The molecule has 1 aromatic heterocycles. The third kappa shape index (κ3) is 5.50. The van der Waals surface area contributed by atoms with Crippen LogP contribution in [0.15, 0.2) is 50.1 Å². The number of benzene rings is 2. The SMILES string of the molecule is CN=S1(=O)C[C@H](N)C(=O)N(Cc2ccc(OC(F)(F)F)cc2)c2cc(-c3nnc(C(C)(C)C)o3)c(F)cc21. The standard InChI is InChI=1S/C24H25F4N5O4S/c1-23(2,3)22-32-31-20(36-22)15-9-18-19(10-16(15)25)38(35,30-4)12-17(29)21(34)33(18)11-13-5-7-14(8-6-13)37-24(26,27)28/h5-10,17H,11-12,29H2,1-4H3/t17-,38?/m0/s1. The van der Waals surface area contributed by atoms with E-state index in [1.807, 2.05) is 20.8 Å². The molecule has 0 spiro atoms. The van der Waals surface area contributed by atoms with E-state index in [0.717, 1.165) is 18.2 Å². The monoisotopic (exact) mass is 555 g/mol. The molecule has 2 atom stereocenters. The molecule has 4 rings (SSSR count). The molecule has 1 amide bonds. The van der Waals surface area contributed by atoms with Crippen LogP contribution in [-0.2, 0) is 26.5 Å². The van der Waals surface area contributed by atoms with Gasteiger partial charge >= 0.3 is 6.36 Å². The van der Waals surface area contributed by atoms with E-state index < -0.39 is 45.0 Å². The number of carbonyl (C=O) groups excluding carboxylic acids is 1. The van der Waals surface area contributed by atoms with E-state index >= 15 is 4.39 Å². The molecule has 2 heterocycles. The normalized spacial score (nSPS) is 20.2. The van der Waals surface area contributed by atoms with Crippen molar-refractivity contribution in [2.24, 2.45) is 10.1 Å². The summed E-state index contributed by atoms with van der Waals surface area (Å²) in [7, 11) is -2.02. The highest BCUT2D eigenvalue weighted by Gasteiger charge is 2.37. The maximum absolute atomic E-state index is 15.4. The van der Waals surface area contributed by atoms with Gasteiger partial charge in [-0.2, -0.15) is 0 Å². The van der Waals surface area contributed by atoms with Gasteiger partial charge in [-0.25, -0.2) is 13.0 Å². The van der Waals surface area contributed by atoms with Crippen LogP contribution in [0.2, 0.25) is 0 Å². The van der Waals surface area contributed by atoms with Gasteiger partial charge in [-0.05, 0) is 29.8 Å². The minimum absolute atomic E-state index is 0.0462. The molecule has 38 heavy (non-hydrogen) atoms. The maximum atomic E-state index is 15.4. The van der Waals surface area contributed by atoms with Gasteiger partial charge < -0.3 is 19.8 Å². The summed E-state index contributed by atoms with van der Waals surface area (Å²) in [6.45, 7) is 5.33. The second-order valence-corrected chi connectivity index (χ2v) is 12.1. The van der Waals surface area contributed by atoms with Crippen molar-refractivity contribution in [1.29, 1.82) is 0 Å². The molecule has 2 N–H and O–H groups in total. The average molecular weight is 556 g/mol. The van der Waals surface area contributed by atoms with Gasteiger partial charge in [0.1, 0.15) is 11.6 Å². The summed E-state index contributed by atoms with van der Waals surface area (Å²) < 4.78 is 80.2. The molecule has 204 valence electrons. The fraction of sp³-hybridized carbons (Fsp3) is 0.375. The molecule has 0 aliphatic carbocycles. The van der Waals surface area contributed by atoms with Crippen molar-refractivity contribution in [1.82, 2.24) is 10.2 Å². The van der Waals surface area contributed by atoms with Crippen molar-refractivity contribution < 1.29 is 35.7 Å². The zero-order chi connectivity index (χ0) is 28.0. The lowest BCUT2D eigenvalue weighted by molar-refractivity contribution is -0.274. The van der Waals surface area contributed by atoms with E-state index in [9.17, 15) is 22.2 Å². The van der Waals surface area contributed by atoms with Crippen LogP contribution >= 0.6 is 0 Å². The van der Waals surface area contributed by atoms with Gasteiger partial charge in [-0.3, -0.25) is 4.79 Å². The number of hydrogen-bond acceptors (Lipinski definition) is 8. The Bertz CT molecular complexity index is 1490. The van der Waals surface area contributed by atoms with Crippen LogP contribution in [0.25, 0.3) is 11.5 Å². The van der Waals surface area contributed by atoms with Gasteiger partial charge in [-0.15, -0.1) is 23.4 Å². The second kappa shape index (κ2) is 9.66. The van der Waals surface area contributed by atoms with Crippen LogP contribution < -0.4 is 15.4 Å². The summed E-state index contributed by atoms with van der Waals surface area (Å²) in [5, 5.41) is 7.92. The molecule has 1 unspecified atom stereocenters. The number of alkyl halides is 3. The molecule has 0 saturated carbocycles. The summed E-state index contributed by atoms with van der Waals surface area (Å²) in [6, 6.07) is 5.91. The Hall–Kier alpha value is -3.52. The Balaban J connectivity index is 1.84. The largest absolute Gasteiger partial charge is 0.573 e. The molecule has 0 bridgehead atoms.